The van der Waals surface area contributed by atoms with Crippen molar-refractivity contribution in [3.63, 3.8) is 0 Å². The zero-order valence-corrected chi connectivity index (χ0v) is 35.9. The standard InChI is InChI=1S/C50H77NO8/c1-3-5-7-9-11-12-13-14-15-16-17-18-19-20-21-22-23-24-25-26-27-28-29-30-31-32-34-36-38-40-46(54)51-43(44(53)39-37-35-33-10-8-6-4-2)42-58-50-49(57)48(56)47(55)45(41-52)59-50/h5,7-8,10-12,14-15,17-18,20-21,23-24,26-27,29-30,32,34,37,39,43-45,47-50,52-53,55-57H,3-4,6,9,13,16,19,22,25,28,31,33,35-36,38,40-42H2,1-2H3,(H,51,54)/b7-5-,10-8+,12-11-,15-14-,18-17-,21-20-,24-23-,27-26-,30-29-,34-32-,39-37+. The molecule has 1 saturated heterocycles. The Kier molecular flexibility index (Phi) is 34.8. The first-order valence-corrected chi connectivity index (χ1v) is 21.9. The van der Waals surface area contributed by atoms with Crippen molar-refractivity contribution in [2.45, 2.75) is 159 Å². The largest absolute Gasteiger partial charge is 0.394 e. The molecule has 1 aliphatic heterocycles. The van der Waals surface area contributed by atoms with E-state index >= 15 is 0 Å². The molecule has 0 saturated carbocycles. The van der Waals surface area contributed by atoms with Crippen molar-refractivity contribution in [3.8, 4) is 0 Å². The Balaban J connectivity index is 2.31. The Morgan fingerprint density at radius 2 is 1.03 bits per heavy atom. The molecule has 0 aromatic carbocycles. The second kappa shape index (κ2) is 38.5. The first kappa shape index (κ1) is 53.3. The molecule has 0 aliphatic carbocycles. The van der Waals surface area contributed by atoms with E-state index in [1.165, 1.54) is 0 Å². The van der Waals surface area contributed by atoms with E-state index in [2.05, 4.69) is 141 Å². The topological polar surface area (TPSA) is 149 Å². The van der Waals surface area contributed by atoms with Crippen LogP contribution in [0.5, 0.6) is 0 Å². The lowest BCUT2D eigenvalue weighted by Gasteiger charge is -2.40. The van der Waals surface area contributed by atoms with E-state index in [4.69, 9.17) is 9.47 Å². The van der Waals surface area contributed by atoms with E-state index in [-0.39, 0.29) is 18.9 Å². The number of aliphatic hydroxyl groups excluding tert-OH is 5. The molecule has 9 nitrogen and oxygen atoms in total. The van der Waals surface area contributed by atoms with E-state index in [9.17, 15) is 30.3 Å². The molecule has 1 heterocycles. The van der Waals surface area contributed by atoms with Gasteiger partial charge in [0.25, 0.3) is 0 Å². The minimum absolute atomic E-state index is 0.236. The zero-order valence-electron chi connectivity index (χ0n) is 35.9. The van der Waals surface area contributed by atoms with E-state index in [1.807, 2.05) is 6.08 Å². The molecular formula is C50H77NO8. The highest BCUT2D eigenvalue weighted by molar-refractivity contribution is 5.76. The summed E-state index contributed by atoms with van der Waals surface area (Å²) in [6, 6.07) is -0.859. The first-order chi connectivity index (χ1) is 28.8. The van der Waals surface area contributed by atoms with E-state index in [1.54, 1.807) is 6.08 Å². The van der Waals surface area contributed by atoms with Crippen LogP contribution in [0.3, 0.4) is 0 Å². The third-order valence-electron chi connectivity index (χ3n) is 9.19. The van der Waals surface area contributed by atoms with Crippen molar-refractivity contribution in [1.82, 2.24) is 5.32 Å². The van der Waals surface area contributed by atoms with E-state index in [0.717, 1.165) is 89.9 Å². The molecule has 7 atom stereocenters. The number of carbonyl (C=O) groups is 1. The van der Waals surface area contributed by atoms with E-state index < -0.39 is 49.5 Å². The predicted octanol–water partition coefficient (Wildman–Crippen LogP) is 9.05. The van der Waals surface area contributed by atoms with Crippen LogP contribution in [0.15, 0.2) is 134 Å². The van der Waals surface area contributed by atoms with Gasteiger partial charge in [-0.25, -0.2) is 0 Å². The molecule has 1 amide bonds. The third kappa shape index (κ3) is 29.2. The summed E-state index contributed by atoms with van der Waals surface area (Å²) >= 11 is 0. The van der Waals surface area contributed by atoms with Gasteiger partial charge in [0, 0.05) is 6.42 Å². The minimum Gasteiger partial charge on any atom is -0.394 e. The van der Waals surface area contributed by atoms with Crippen LogP contribution in [-0.2, 0) is 14.3 Å². The van der Waals surface area contributed by atoms with Gasteiger partial charge in [0.1, 0.15) is 24.4 Å². The van der Waals surface area contributed by atoms with Crippen LogP contribution in [-0.4, -0.2) is 87.5 Å². The molecule has 1 rings (SSSR count). The van der Waals surface area contributed by atoms with Gasteiger partial charge in [0.2, 0.25) is 5.91 Å². The normalized spacial score (nSPS) is 22.1. The average Bonchev–Trinajstić information content (AvgIpc) is 3.23. The SMILES string of the molecule is CC/C=C\C/C=C\C/C=C\C/C=C\C/C=C\C/C=C\C/C=C\C/C=C\C/C=C\CCCC(=O)NC(COC1OC(CO)C(O)C(O)C1O)C(O)/C=C/CC/C=C/CCC. The van der Waals surface area contributed by atoms with Crippen molar-refractivity contribution < 1.29 is 39.8 Å². The Morgan fingerprint density at radius 3 is 1.51 bits per heavy atom. The summed E-state index contributed by atoms with van der Waals surface area (Å²) in [5.74, 6) is -0.258. The predicted molar refractivity (Wildman–Crippen MR) is 243 cm³/mol. The van der Waals surface area contributed by atoms with Crippen LogP contribution in [0.25, 0.3) is 0 Å². The van der Waals surface area contributed by atoms with Crippen LogP contribution in [0.1, 0.15) is 117 Å². The number of ether oxygens (including phenoxy) is 2. The molecule has 0 aromatic heterocycles. The van der Waals surface area contributed by atoms with Gasteiger partial charge in [-0.3, -0.25) is 4.79 Å². The number of aliphatic hydroxyl groups is 5. The highest BCUT2D eigenvalue weighted by atomic mass is 16.7. The molecule has 7 unspecified atom stereocenters. The van der Waals surface area contributed by atoms with Crippen molar-refractivity contribution in [3.05, 3.63) is 134 Å². The van der Waals surface area contributed by atoms with Crippen molar-refractivity contribution in [2.75, 3.05) is 13.2 Å². The second-order valence-corrected chi connectivity index (χ2v) is 14.4. The smallest absolute Gasteiger partial charge is 0.220 e. The van der Waals surface area contributed by atoms with Gasteiger partial charge in [-0.05, 0) is 89.9 Å². The number of carbonyl (C=O) groups excluding carboxylic acids is 1. The molecule has 1 aliphatic rings. The van der Waals surface area contributed by atoms with Gasteiger partial charge in [-0.15, -0.1) is 0 Å². The summed E-state index contributed by atoms with van der Waals surface area (Å²) in [5.41, 5.74) is 0. The summed E-state index contributed by atoms with van der Waals surface area (Å²) in [4.78, 5) is 12.8. The number of hydrogen-bond donors (Lipinski definition) is 6. The number of rotatable bonds is 33. The lowest BCUT2D eigenvalue weighted by atomic mass is 9.99. The van der Waals surface area contributed by atoms with Crippen molar-refractivity contribution in [1.29, 1.82) is 0 Å². The zero-order chi connectivity index (χ0) is 43.0. The maximum Gasteiger partial charge on any atom is 0.220 e. The third-order valence-corrected chi connectivity index (χ3v) is 9.19. The summed E-state index contributed by atoms with van der Waals surface area (Å²) in [6.07, 6.45) is 52.5. The van der Waals surface area contributed by atoms with Crippen LogP contribution < -0.4 is 5.32 Å². The van der Waals surface area contributed by atoms with Gasteiger partial charge < -0.3 is 40.3 Å². The Labute approximate surface area is 356 Å². The molecular weight excluding hydrogens is 743 g/mol. The molecule has 6 N–H and O–H groups in total. The summed E-state index contributed by atoms with van der Waals surface area (Å²) in [7, 11) is 0. The molecule has 9 heteroatoms. The maximum absolute atomic E-state index is 12.8. The summed E-state index contributed by atoms with van der Waals surface area (Å²) < 4.78 is 11.1. The number of unbranched alkanes of at least 4 members (excludes halogenated alkanes) is 3. The molecule has 59 heavy (non-hydrogen) atoms. The molecule has 330 valence electrons. The lowest BCUT2D eigenvalue weighted by Crippen LogP contribution is -2.60. The molecule has 0 bridgehead atoms. The fourth-order valence-electron chi connectivity index (χ4n) is 5.71. The maximum atomic E-state index is 12.8. The highest BCUT2D eigenvalue weighted by Crippen LogP contribution is 2.22. The van der Waals surface area contributed by atoms with Crippen molar-refractivity contribution >= 4 is 5.91 Å². The van der Waals surface area contributed by atoms with Gasteiger partial charge in [0.05, 0.1) is 25.4 Å². The Morgan fingerprint density at radius 1 is 0.593 bits per heavy atom. The summed E-state index contributed by atoms with van der Waals surface area (Å²) in [5, 5.41) is 53.7. The highest BCUT2D eigenvalue weighted by Gasteiger charge is 2.44. The van der Waals surface area contributed by atoms with E-state index in [0.29, 0.717) is 6.42 Å². The van der Waals surface area contributed by atoms with Gasteiger partial charge >= 0.3 is 0 Å². The summed E-state index contributed by atoms with van der Waals surface area (Å²) in [6.45, 7) is 3.45. The monoisotopic (exact) mass is 820 g/mol. The minimum atomic E-state index is -1.59. The average molecular weight is 820 g/mol. The van der Waals surface area contributed by atoms with Gasteiger partial charge in [-0.2, -0.15) is 0 Å². The first-order valence-electron chi connectivity index (χ1n) is 21.9. The van der Waals surface area contributed by atoms with Crippen molar-refractivity contribution in [2.24, 2.45) is 0 Å². The van der Waals surface area contributed by atoms with Gasteiger partial charge in [-0.1, -0.05) is 154 Å². The lowest BCUT2D eigenvalue weighted by molar-refractivity contribution is -0.302. The molecule has 1 fully saturated rings. The van der Waals surface area contributed by atoms with Crippen LogP contribution in [0, 0.1) is 0 Å². The van der Waals surface area contributed by atoms with Crippen LogP contribution in [0.2, 0.25) is 0 Å². The number of hydrogen-bond acceptors (Lipinski definition) is 8. The fourth-order valence-corrected chi connectivity index (χ4v) is 5.71. The molecule has 0 radical (unpaired) electrons. The molecule has 0 aromatic rings. The molecule has 0 spiro atoms. The quantitative estimate of drug-likeness (QED) is 0.0284. The fraction of sp³-hybridized carbons (Fsp3) is 0.540. The number of allylic oxidation sites excluding steroid dienone is 21. The van der Waals surface area contributed by atoms with Crippen LogP contribution >= 0.6 is 0 Å². The Hall–Kier alpha value is -3.67. The van der Waals surface area contributed by atoms with Gasteiger partial charge in [0.15, 0.2) is 6.29 Å². The Bertz CT molecular complexity index is 1370. The number of amides is 1. The second-order valence-electron chi connectivity index (χ2n) is 14.4. The van der Waals surface area contributed by atoms with Crippen LogP contribution in [0.4, 0.5) is 0 Å². The number of nitrogens with one attached hydrogen (secondary N) is 1.